The Morgan fingerprint density at radius 1 is 1.39 bits per heavy atom. The molecule has 0 radical (unpaired) electrons. The minimum atomic E-state index is -0.642. The molecule has 2 aliphatic heterocycles. The number of ether oxygens (including phenoxy) is 2. The summed E-state index contributed by atoms with van der Waals surface area (Å²) in [5, 5.41) is 0. The number of pyridine rings is 1. The number of likely N-dealkylation sites (tertiary alicyclic amines) is 1. The molecule has 96 valence electrons. The number of carbonyl (C=O) groups is 1. The van der Waals surface area contributed by atoms with Gasteiger partial charge in [-0.25, -0.2) is 0 Å². The Kier molecular flexibility index (Phi) is 2.68. The van der Waals surface area contributed by atoms with E-state index in [0.29, 0.717) is 32.7 Å². The number of nitrogens with one attached hydrogen (secondary N) is 1. The van der Waals surface area contributed by atoms with Crippen LogP contribution >= 0.6 is 0 Å². The van der Waals surface area contributed by atoms with E-state index in [2.05, 4.69) is 4.98 Å². The molecule has 1 aromatic rings. The smallest absolute Gasteiger partial charge is 0.259 e. The first-order valence-corrected chi connectivity index (χ1v) is 5.95. The number of hydrogen-bond acceptors (Lipinski definition) is 4. The summed E-state index contributed by atoms with van der Waals surface area (Å²) >= 11 is 0. The van der Waals surface area contributed by atoms with Crippen LogP contribution in [0.2, 0.25) is 0 Å². The standard InChI is InChI=1S/C12H14N2O4/c15-10-1-3-13-7-9(10)11(16)14-4-2-12(8-14)17-5-6-18-12/h1,3,7H,2,4-6,8H2,(H,13,15). The molecule has 3 rings (SSSR count). The van der Waals surface area contributed by atoms with E-state index in [1.807, 2.05) is 0 Å². The maximum atomic E-state index is 12.2. The highest BCUT2D eigenvalue weighted by molar-refractivity contribution is 5.94. The van der Waals surface area contributed by atoms with Crippen LogP contribution in [0.4, 0.5) is 0 Å². The van der Waals surface area contributed by atoms with E-state index >= 15 is 0 Å². The predicted octanol–water partition coefficient (Wildman–Crippen LogP) is -0.0361. The molecule has 18 heavy (non-hydrogen) atoms. The number of amides is 1. The molecule has 0 aliphatic carbocycles. The van der Waals surface area contributed by atoms with Crippen molar-refractivity contribution in [1.29, 1.82) is 0 Å². The van der Waals surface area contributed by atoms with E-state index in [9.17, 15) is 9.59 Å². The minimum Gasteiger partial charge on any atom is -0.367 e. The Morgan fingerprint density at radius 2 is 2.17 bits per heavy atom. The molecule has 6 nitrogen and oxygen atoms in total. The molecule has 1 amide bonds. The van der Waals surface area contributed by atoms with Crippen LogP contribution in [-0.4, -0.2) is 47.9 Å². The van der Waals surface area contributed by atoms with Crippen molar-refractivity contribution in [3.63, 3.8) is 0 Å². The second kappa shape index (κ2) is 4.22. The Balaban J connectivity index is 1.79. The maximum Gasteiger partial charge on any atom is 0.259 e. The van der Waals surface area contributed by atoms with E-state index in [0.717, 1.165) is 0 Å². The van der Waals surface area contributed by atoms with Crippen molar-refractivity contribution >= 4 is 5.91 Å². The second-order valence-electron chi connectivity index (χ2n) is 4.51. The molecule has 0 bridgehead atoms. The number of nitrogens with zero attached hydrogens (tertiary/aromatic N) is 1. The van der Waals surface area contributed by atoms with Gasteiger partial charge in [-0.2, -0.15) is 0 Å². The fourth-order valence-electron chi connectivity index (χ4n) is 2.41. The van der Waals surface area contributed by atoms with Gasteiger partial charge in [0.05, 0.1) is 19.8 Å². The molecule has 2 fully saturated rings. The van der Waals surface area contributed by atoms with E-state index in [1.165, 1.54) is 18.5 Å². The Morgan fingerprint density at radius 3 is 2.89 bits per heavy atom. The molecule has 1 aromatic heterocycles. The quantitative estimate of drug-likeness (QED) is 0.759. The monoisotopic (exact) mass is 250 g/mol. The SMILES string of the molecule is O=C(c1c[nH]ccc1=O)N1CCC2(C1)OCCO2. The zero-order valence-electron chi connectivity index (χ0n) is 9.85. The molecular formula is C12H14N2O4. The number of rotatable bonds is 1. The predicted molar refractivity (Wildman–Crippen MR) is 62.2 cm³/mol. The molecular weight excluding hydrogens is 236 g/mol. The summed E-state index contributed by atoms with van der Waals surface area (Å²) in [7, 11) is 0. The van der Waals surface area contributed by atoms with Gasteiger partial charge in [-0.1, -0.05) is 0 Å². The molecule has 0 unspecified atom stereocenters. The largest absolute Gasteiger partial charge is 0.367 e. The highest BCUT2D eigenvalue weighted by atomic mass is 16.7. The van der Waals surface area contributed by atoms with Gasteiger partial charge in [0.15, 0.2) is 11.2 Å². The molecule has 0 aromatic carbocycles. The Bertz CT molecular complexity index is 519. The van der Waals surface area contributed by atoms with Gasteiger partial charge >= 0.3 is 0 Å². The summed E-state index contributed by atoms with van der Waals surface area (Å²) < 4.78 is 11.1. The highest BCUT2D eigenvalue weighted by Crippen LogP contribution is 2.30. The van der Waals surface area contributed by atoms with E-state index in [4.69, 9.17) is 9.47 Å². The van der Waals surface area contributed by atoms with Crippen molar-refractivity contribution in [2.45, 2.75) is 12.2 Å². The van der Waals surface area contributed by atoms with Crippen molar-refractivity contribution in [2.75, 3.05) is 26.3 Å². The lowest BCUT2D eigenvalue weighted by Gasteiger charge is -2.22. The van der Waals surface area contributed by atoms with Gasteiger partial charge in [-0.3, -0.25) is 9.59 Å². The van der Waals surface area contributed by atoms with Crippen molar-refractivity contribution in [2.24, 2.45) is 0 Å². The van der Waals surface area contributed by atoms with E-state index < -0.39 is 5.79 Å². The number of aromatic amines is 1. The van der Waals surface area contributed by atoms with Crippen molar-refractivity contribution < 1.29 is 14.3 Å². The number of aromatic nitrogens is 1. The third-order valence-electron chi connectivity index (χ3n) is 3.35. The fourth-order valence-corrected chi connectivity index (χ4v) is 2.41. The summed E-state index contributed by atoms with van der Waals surface area (Å²) in [5.41, 5.74) is -0.111. The summed E-state index contributed by atoms with van der Waals surface area (Å²) in [4.78, 5) is 28.2. The van der Waals surface area contributed by atoms with Crippen LogP contribution in [-0.2, 0) is 9.47 Å². The number of carbonyl (C=O) groups excluding carboxylic acids is 1. The average molecular weight is 250 g/mol. The highest BCUT2D eigenvalue weighted by Gasteiger charge is 2.45. The maximum absolute atomic E-state index is 12.2. The van der Waals surface area contributed by atoms with Gasteiger partial charge < -0.3 is 19.4 Å². The van der Waals surface area contributed by atoms with E-state index in [-0.39, 0.29) is 16.9 Å². The summed E-state index contributed by atoms with van der Waals surface area (Å²) in [6.45, 7) is 2.06. The topological polar surface area (TPSA) is 71.6 Å². The Hall–Kier alpha value is -1.66. The van der Waals surface area contributed by atoms with Gasteiger partial charge in [0.2, 0.25) is 0 Å². The lowest BCUT2D eigenvalue weighted by atomic mass is 10.2. The molecule has 0 atom stereocenters. The first-order valence-electron chi connectivity index (χ1n) is 5.95. The van der Waals surface area contributed by atoms with Crippen LogP contribution in [0.15, 0.2) is 23.3 Å². The van der Waals surface area contributed by atoms with Crippen LogP contribution in [0.3, 0.4) is 0 Å². The Labute approximate surface area is 104 Å². The summed E-state index contributed by atoms with van der Waals surface area (Å²) in [6, 6.07) is 1.35. The van der Waals surface area contributed by atoms with Crippen molar-refractivity contribution in [3.8, 4) is 0 Å². The zero-order valence-corrected chi connectivity index (χ0v) is 9.85. The second-order valence-corrected chi connectivity index (χ2v) is 4.51. The van der Waals surface area contributed by atoms with Gasteiger partial charge in [0.1, 0.15) is 5.56 Å². The van der Waals surface area contributed by atoms with Crippen molar-refractivity contribution in [1.82, 2.24) is 9.88 Å². The van der Waals surface area contributed by atoms with Crippen LogP contribution < -0.4 is 5.43 Å². The van der Waals surface area contributed by atoms with Crippen LogP contribution in [0.5, 0.6) is 0 Å². The minimum absolute atomic E-state index is 0.160. The molecule has 3 heterocycles. The lowest BCUT2D eigenvalue weighted by Crippen LogP contribution is -2.38. The van der Waals surface area contributed by atoms with E-state index in [1.54, 1.807) is 4.90 Å². The van der Waals surface area contributed by atoms with Gasteiger partial charge in [0, 0.05) is 31.4 Å². The van der Waals surface area contributed by atoms with Crippen LogP contribution in [0.1, 0.15) is 16.8 Å². The molecule has 1 spiro atoms. The molecule has 0 saturated carbocycles. The third kappa shape index (κ3) is 1.83. The van der Waals surface area contributed by atoms with Crippen LogP contribution in [0, 0.1) is 0 Å². The van der Waals surface area contributed by atoms with Gasteiger partial charge in [-0.15, -0.1) is 0 Å². The van der Waals surface area contributed by atoms with Gasteiger partial charge in [-0.05, 0) is 0 Å². The fraction of sp³-hybridized carbons (Fsp3) is 0.500. The lowest BCUT2D eigenvalue weighted by molar-refractivity contribution is -0.143. The summed E-state index contributed by atoms with van der Waals surface area (Å²) in [5.74, 6) is -0.912. The number of hydrogen-bond donors (Lipinski definition) is 1. The number of H-pyrrole nitrogens is 1. The van der Waals surface area contributed by atoms with Gasteiger partial charge in [0.25, 0.3) is 5.91 Å². The van der Waals surface area contributed by atoms with Crippen molar-refractivity contribution in [3.05, 3.63) is 34.2 Å². The zero-order chi connectivity index (χ0) is 12.6. The first kappa shape index (κ1) is 11.4. The normalized spacial score (nSPS) is 21.7. The van der Waals surface area contributed by atoms with Crippen LogP contribution in [0.25, 0.3) is 0 Å². The molecule has 2 saturated heterocycles. The molecule has 6 heteroatoms. The molecule has 2 aliphatic rings. The third-order valence-corrected chi connectivity index (χ3v) is 3.35. The summed E-state index contributed by atoms with van der Waals surface area (Å²) in [6.07, 6.45) is 3.60. The average Bonchev–Trinajstić information content (AvgIpc) is 3.00. The first-order chi connectivity index (χ1) is 8.70. The molecule has 1 N–H and O–H groups in total.